The van der Waals surface area contributed by atoms with E-state index in [0.717, 1.165) is 0 Å². The number of hydrogen-bond donors (Lipinski definition) is 3. The molecule has 0 aliphatic heterocycles. The lowest BCUT2D eigenvalue weighted by Crippen LogP contribution is -2.30. The molecule has 0 fully saturated rings. The summed E-state index contributed by atoms with van der Waals surface area (Å²) < 4.78 is 0. The fourth-order valence-corrected chi connectivity index (χ4v) is 3.28. The van der Waals surface area contributed by atoms with Gasteiger partial charge < -0.3 is 20.9 Å². The second-order valence-corrected chi connectivity index (χ2v) is 7.36. The maximum Gasteiger partial charge on any atom is 0.255 e. The summed E-state index contributed by atoms with van der Waals surface area (Å²) in [6, 6.07) is 23.0. The van der Waals surface area contributed by atoms with Crippen molar-refractivity contribution >= 4 is 34.8 Å². The van der Waals surface area contributed by atoms with Gasteiger partial charge in [-0.1, -0.05) is 24.3 Å². The molecule has 0 saturated carbocycles. The highest BCUT2D eigenvalue weighted by atomic mass is 16.2. The number of hydrogen-bond acceptors (Lipinski definition) is 4. The molecule has 3 aromatic rings. The lowest BCUT2D eigenvalue weighted by atomic mass is 10.1. The Hall–Kier alpha value is -4.13. The maximum atomic E-state index is 12.4. The van der Waals surface area contributed by atoms with Gasteiger partial charge in [0.2, 0.25) is 5.91 Å². The van der Waals surface area contributed by atoms with Crippen molar-refractivity contribution in [2.24, 2.45) is 0 Å². The van der Waals surface area contributed by atoms with E-state index in [1.807, 2.05) is 38.1 Å². The minimum Gasteiger partial charge on any atom is -0.376 e. The summed E-state index contributed by atoms with van der Waals surface area (Å²) in [5.41, 5.74) is 3.10. The SMILES string of the molecule is CCN(CC)C(=O)c1ccc(NC(=O)CNc2cccc(NC(=O)c3ccccc3)c2)cc1. The van der Waals surface area contributed by atoms with Gasteiger partial charge in [-0.05, 0) is 68.4 Å². The summed E-state index contributed by atoms with van der Waals surface area (Å²) in [5, 5.41) is 8.71. The Kier molecular flexibility index (Phi) is 8.18. The van der Waals surface area contributed by atoms with Crippen molar-refractivity contribution in [2.75, 3.05) is 35.6 Å². The van der Waals surface area contributed by atoms with Crippen LogP contribution in [0.5, 0.6) is 0 Å². The lowest BCUT2D eigenvalue weighted by Gasteiger charge is -2.18. The van der Waals surface area contributed by atoms with Gasteiger partial charge in [0.05, 0.1) is 6.54 Å². The van der Waals surface area contributed by atoms with Crippen LogP contribution in [0.25, 0.3) is 0 Å². The minimum atomic E-state index is -0.225. The van der Waals surface area contributed by atoms with Gasteiger partial charge in [0.15, 0.2) is 0 Å². The molecule has 3 N–H and O–H groups in total. The number of rotatable bonds is 9. The lowest BCUT2D eigenvalue weighted by molar-refractivity contribution is -0.114. The van der Waals surface area contributed by atoms with Crippen molar-refractivity contribution in [3.63, 3.8) is 0 Å². The highest BCUT2D eigenvalue weighted by Crippen LogP contribution is 2.16. The fraction of sp³-hybridized carbons (Fsp3) is 0.192. The zero-order valence-corrected chi connectivity index (χ0v) is 18.8. The standard InChI is InChI=1S/C26H28N4O3/c1-3-30(4-2)26(33)20-13-15-21(16-14-20)28-24(31)18-27-22-11-8-12-23(17-22)29-25(32)19-9-6-5-7-10-19/h5-17,27H,3-4,18H2,1-2H3,(H,28,31)(H,29,32). The Morgan fingerprint density at radius 1 is 0.697 bits per heavy atom. The summed E-state index contributed by atoms with van der Waals surface area (Å²) in [6.45, 7) is 5.23. The Morgan fingerprint density at radius 2 is 1.36 bits per heavy atom. The van der Waals surface area contributed by atoms with Crippen LogP contribution in [-0.4, -0.2) is 42.3 Å². The van der Waals surface area contributed by atoms with Gasteiger partial charge in [-0.2, -0.15) is 0 Å². The van der Waals surface area contributed by atoms with Crippen LogP contribution >= 0.6 is 0 Å². The van der Waals surface area contributed by atoms with Crippen molar-refractivity contribution in [3.8, 4) is 0 Å². The molecule has 7 nitrogen and oxygen atoms in total. The van der Waals surface area contributed by atoms with Crippen molar-refractivity contribution in [2.45, 2.75) is 13.8 Å². The molecule has 0 radical (unpaired) electrons. The van der Waals surface area contributed by atoms with Crippen molar-refractivity contribution in [1.82, 2.24) is 4.90 Å². The number of nitrogens with one attached hydrogen (secondary N) is 3. The predicted molar refractivity (Wildman–Crippen MR) is 132 cm³/mol. The van der Waals surface area contributed by atoms with Crippen LogP contribution in [0.2, 0.25) is 0 Å². The first-order valence-corrected chi connectivity index (χ1v) is 10.9. The molecule has 0 aliphatic carbocycles. The number of benzene rings is 3. The van der Waals surface area contributed by atoms with Crippen LogP contribution in [0.4, 0.5) is 17.1 Å². The van der Waals surface area contributed by atoms with Crippen molar-refractivity contribution in [3.05, 3.63) is 90.0 Å². The molecule has 0 spiro atoms. The maximum absolute atomic E-state index is 12.4. The molecule has 0 heterocycles. The second-order valence-electron chi connectivity index (χ2n) is 7.36. The summed E-state index contributed by atoms with van der Waals surface area (Å²) in [6.07, 6.45) is 0. The van der Waals surface area contributed by atoms with Gasteiger partial charge in [-0.25, -0.2) is 0 Å². The first kappa shape index (κ1) is 23.5. The van der Waals surface area contributed by atoms with E-state index in [9.17, 15) is 14.4 Å². The average Bonchev–Trinajstić information content (AvgIpc) is 2.84. The molecule has 3 rings (SSSR count). The summed E-state index contributed by atoms with van der Waals surface area (Å²) in [5.74, 6) is -0.455. The molecule has 0 bridgehead atoms. The number of amides is 3. The Morgan fingerprint density at radius 3 is 2.03 bits per heavy atom. The molecule has 3 amide bonds. The van der Waals surface area contributed by atoms with Gasteiger partial charge in [-0.15, -0.1) is 0 Å². The van der Waals surface area contributed by atoms with E-state index in [2.05, 4.69) is 16.0 Å². The molecule has 33 heavy (non-hydrogen) atoms. The van der Waals surface area contributed by atoms with Gasteiger partial charge in [0.1, 0.15) is 0 Å². The summed E-state index contributed by atoms with van der Waals surface area (Å²) in [7, 11) is 0. The summed E-state index contributed by atoms with van der Waals surface area (Å²) >= 11 is 0. The van der Waals surface area contributed by atoms with Crippen LogP contribution < -0.4 is 16.0 Å². The molecular formula is C26H28N4O3. The first-order valence-electron chi connectivity index (χ1n) is 10.9. The third kappa shape index (κ3) is 6.67. The number of anilines is 3. The van der Waals surface area contributed by atoms with Crippen LogP contribution in [0.1, 0.15) is 34.6 Å². The van der Waals surface area contributed by atoms with E-state index >= 15 is 0 Å². The Bertz CT molecular complexity index is 1090. The van der Waals surface area contributed by atoms with Gasteiger partial charge in [0.25, 0.3) is 11.8 Å². The molecule has 170 valence electrons. The highest BCUT2D eigenvalue weighted by molar-refractivity contribution is 6.04. The highest BCUT2D eigenvalue weighted by Gasteiger charge is 2.12. The normalized spacial score (nSPS) is 10.2. The number of carbonyl (C=O) groups excluding carboxylic acids is 3. The molecule has 7 heteroatoms. The smallest absolute Gasteiger partial charge is 0.255 e. The van der Waals surface area contributed by atoms with Gasteiger partial charge in [-0.3, -0.25) is 14.4 Å². The van der Waals surface area contributed by atoms with E-state index in [1.54, 1.807) is 59.5 Å². The van der Waals surface area contributed by atoms with Gasteiger partial charge in [0, 0.05) is 41.3 Å². The second kappa shape index (κ2) is 11.5. The molecule has 3 aromatic carbocycles. The van der Waals surface area contributed by atoms with Crippen molar-refractivity contribution in [1.29, 1.82) is 0 Å². The third-order valence-corrected chi connectivity index (χ3v) is 5.08. The quantitative estimate of drug-likeness (QED) is 0.454. The molecule has 0 unspecified atom stereocenters. The van der Waals surface area contributed by atoms with Crippen LogP contribution in [-0.2, 0) is 4.79 Å². The van der Waals surface area contributed by atoms with E-state index in [0.29, 0.717) is 41.3 Å². The predicted octanol–water partition coefficient (Wildman–Crippen LogP) is 4.47. The van der Waals surface area contributed by atoms with Crippen LogP contribution in [0.15, 0.2) is 78.9 Å². The van der Waals surface area contributed by atoms with E-state index in [4.69, 9.17) is 0 Å². The van der Waals surface area contributed by atoms with Crippen molar-refractivity contribution < 1.29 is 14.4 Å². The van der Waals surface area contributed by atoms with E-state index in [-0.39, 0.29) is 24.3 Å². The molecule has 0 aliphatic rings. The molecule has 0 aromatic heterocycles. The van der Waals surface area contributed by atoms with Crippen LogP contribution in [0, 0.1) is 0 Å². The zero-order valence-electron chi connectivity index (χ0n) is 18.8. The first-order chi connectivity index (χ1) is 16.0. The van der Waals surface area contributed by atoms with E-state index < -0.39 is 0 Å². The molecule has 0 atom stereocenters. The summed E-state index contributed by atoms with van der Waals surface area (Å²) in [4.78, 5) is 38.8. The Labute approximate surface area is 193 Å². The van der Waals surface area contributed by atoms with Gasteiger partial charge >= 0.3 is 0 Å². The third-order valence-electron chi connectivity index (χ3n) is 5.08. The minimum absolute atomic E-state index is 0.0289. The monoisotopic (exact) mass is 444 g/mol. The molecular weight excluding hydrogens is 416 g/mol. The van der Waals surface area contributed by atoms with E-state index in [1.165, 1.54) is 0 Å². The average molecular weight is 445 g/mol. The zero-order chi connectivity index (χ0) is 23.6. The molecule has 0 saturated heterocycles. The number of nitrogens with zero attached hydrogens (tertiary/aromatic N) is 1. The number of carbonyl (C=O) groups is 3. The fourth-order valence-electron chi connectivity index (χ4n) is 3.28. The van der Waals surface area contributed by atoms with Crippen LogP contribution in [0.3, 0.4) is 0 Å². The Balaban J connectivity index is 1.52. The topological polar surface area (TPSA) is 90.5 Å². The largest absolute Gasteiger partial charge is 0.376 e.